The first kappa shape index (κ1) is 20.0. The molecule has 2 aromatic heterocycles. The first-order chi connectivity index (χ1) is 14.5. The molecule has 30 heavy (non-hydrogen) atoms. The number of nitrogens with zero attached hydrogens (tertiary/aromatic N) is 2. The number of carbonyl (C=O) groups is 1. The van der Waals surface area contributed by atoms with Crippen molar-refractivity contribution in [1.29, 1.82) is 0 Å². The minimum absolute atomic E-state index is 0.0488. The van der Waals surface area contributed by atoms with Gasteiger partial charge in [0.1, 0.15) is 22.2 Å². The summed E-state index contributed by atoms with van der Waals surface area (Å²) in [7, 11) is 1.63. The van der Waals surface area contributed by atoms with Crippen LogP contribution in [-0.4, -0.2) is 22.4 Å². The molecule has 2 aromatic carbocycles. The van der Waals surface area contributed by atoms with Gasteiger partial charge in [0.05, 0.1) is 12.5 Å². The minimum atomic E-state index is -0.0943. The van der Waals surface area contributed by atoms with Crippen LogP contribution < -0.4 is 10.3 Å². The van der Waals surface area contributed by atoms with Crippen LogP contribution in [0.4, 0.5) is 0 Å². The van der Waals surface area contributed by atoms with E-state index in [9.17, 15) is 9.59 Å². The largest absolute Gasteiger partial charge is 0.497 e. The molecule has 0 spiro atoms. The second-order valence-electron chi connectivity index (χ2n) is 7.16. The molecule has 0 aliphatic rings. The summed E-state index contributed by atoms with van der Waals surface area (Å²) in [6.07, 6.45) is 0.810. The Kier molecular flexibility index (Phi) is 5.77. The van der Waals surface area contributed by atoms with Crippen LogP contribution in [0, 0.1) is 0 Å². The molecule has 0 bridgehead atoms. The minimum Gasteiger partial charge on any atom is -0.497 e. The zero-order valence-corrected chi connectivity index (χ0v) is 17.7. The molecule has 152 valence electrons. The zero-order valence-electron chi connectivity index (χ0n) is 16.9. The van der Waals surface area contributed by atoms with Gasteiger partial charge in [-0.15, -0.1) is 11.3 Å². The van der Waals surface area contributed by atoms with Crippen LogP contribution in [0.5, 0.6) is 5.75 Å². The lowest BCUT2D eigenvalue weighted by Gasteiger charge is -2.12. The van der Waals surface area contributed by atoms with Crippen molar-refractivity contribution in [2.24, 2.45) is 0 Å². The standard InChI is InChI=1S/C24H22N2O3S/c1-16(27)12-13-26-22(14-17-8-10-19(29-2)11-9-17)25-23-20(24(26)28)15-21(30-23)18-6-4-3-5-7-18/h3-11,15H,12-14H2,1-2H3. The van der Waals surface area contributed by atoms with Gasteiger partial charge in [-0.05, 0) is 36.2 Å². The van der Waals surface area contributed by atoms with Crippen LogP contribution in [-0.2, 0) is 17.8 Å². The molecule has 0 atom stereocenters. The number of benzene rings is 2. The molecule has 2 heterocycles. The van der Waals surface area contributed by atoms with E-state index in [-0.39, 0.29) is 11.3 Å². The number of hydrogen-bond donors (Lipinski definition) is 0. The molecule has 5 nitrogen and oxygen atoms in total. The van der Waals surface area contributed by atoms with Crippen molar-refractivity contribution in [2.45, 2.75) is 26.3 Å². The monoisotopic (exact) mass is 418 g/mol. The molecule has 0 aliphatic heterocycles. The molecule has 4 aromatic rings. The number of fused-ring (bicyclic) bond motifs is 1. The van der Waals surface area contributed by atoms with E-state index in [1.807, 2.05) is 60.7 Å². The Bertz CT molecular complexity index is 1240. The molecule has 0 unspecified atom stereocenters. The number of hydrogen-bond acceptors (Lipinski definition) is 5. The van der Waals surface area contributed by atoms with E-state index < -0.39 is 0 Å². The Labute approximate surface area is 178 Å². The van der Waals surface area contributed by atoms with Crippen LogP contribution >= 0.6 is 11.3 Å². The van der Waals surface area contributed by atoms with Gasteiger partial charge in [-0.2, -0.15) is 0 Å². The van der Waals surface area contributed by atoms with E-state index in [2.05, 4.69) is 0 Å². The summed E-state index contributed by atoms with van der Waals surface area (Å²) in [4.78, 5) is 31.4. The Morgan fingerprint density at radius 2 is 1.83 bits per heavy atom. The molecule has 6 heteroatoms. The average molecular weight is 419 g/mol. The van der Waals surface area contributed by atoms with Crippen molar-refractivity contribution < 1.29 is 9.53 Å². The molecular formula is C24H22N2O3S. The van der Waals surface area contributed by atoms with Crippen molar-refractivity contribution in [1.82, 2.24) is 9.55 Å². The highest BCUT2D eigenvalue weighted by molar-refractivity contribution is 7.21. The smallest absolute Gasteiger partial charge is 0.262 e. The fourth-order valence-electron chi connectivity index (χ4n) is 3.36. The number of ether oxygens (including phenoxy) is 1. The predicted molar refractivity (Wildman–Crippen MR) is 120 cm³/mol. The quantitative estimate of drug-likeness (QED) is 0.436. The fraction of sp³-hybridized carbons (Fsp3) is 0.208. The van der Waals surface area contributed by atoms with Gasteiger partial charge in [0.25, 0.3) is 5.56 Å². The van der Waals surface area contributed by atoms with Gasteiger partial charge in [0.2, 0.25) is 0 Å². The maximum Gasteiger partial charge on any atom is 0.262 e. The summed E-state index contributed by atoms with van der Waals surface area (Å²) in [5.74, 6) is 1.50. The number of ketones is 1. The highest BCUT2D eigenvalue weighted by atomic mass is 32.1. The molecular weight excluding hydrogens is 396 g/mol. The lowest BCUT2D eigenvalue weighted by Crippen LogP contribution is -2.26. The SMILES string of the molecule is COc1ccc(Cc2nc3sc(-c4ccccc4)cc3c(=O)n2CCC(C)=O)cc1. The normalized spacial score (nSPS) is 11.0. The van der Waals surface area contributed by atoms with E-state index in [1.54, 1.807) is 11.7 Å². The fourth-order valence-corrected chi connectivity index (χ4v) is 4.41. The molecule has 4 rings (SSSR count). The highest BCUT2D eigenvalue weighted by Crippen LogP contribution is 2.31. The second kappa shape index (κ2) is 8.63. The summed E-state index contributed by atoms with van der Waals surface area (Å²) in [6.45, 7) is 1.87. The molecule has 0 saturated carbocycles. The molecule has 0 N–H and O–H groups in total. The summed E-state index contributed by atoms with van der Waals surface area (Å²) < 4.78 is 6.87. The first-order valence-electron chi connectivity index (χ1n) is 9.76. The summed E-state index contributed by atoms with van der Waals surface area (Å²) in [5, 5.41) is 0.598. The van der Waals surface area contributed by atoms with E-state index in [0.29, 0.717) is 30.6 Å². The number of rotatable bonds is 7. The van der Waals surface area contributed by atoms with Crippen molar-refractivity contribution >= 4 is 27.3 Å². The molecule has 0 amide bonds. The first-order valence-corrected chi connectivity index (χ1v) is 10.6. The van der Waals surface area contributed by atoms with E-state index in [0.717, 1.165) is 26.6 Å². The third-order valence-electron chi connectivity index (χ3n) is 5.00. The number of methoxy groups -OCH3 is 1. The predicted octanol–water partition coefficient (Wildman–Crippen LogP) is 4.70. The van der Waals surface area contributed by atoms with Crippen molar-refractivity contribution in [3.05, 3.63) is 82.4 Å². The molecule has 0 saturated heterocycles. The zero-order chi connectivity index (χ0) is 21.1. The van der Waals surface area contributed by atoms with Crippen LogP contribution in [0.2, 0.25) is 0 Å². The van der Waals surface area contributed by atoms with Gasteiger partial charge < -0.3 is 4.74 Å². The van der Waals surface area contributed by atoms with Crippen LogP contribution in [0.1, 0.15) is 24.7 Å². The van der Waals surface area contributed by atoms with Gasteiger partial charge in [0.15, 0.2) is 0 Å². The van der Waals surface area contributed by atoms with Crippen LogP contribution in [0.3, 0.4) is 0 Å². The molecule has 0 aliphatic carbocycles. The maximum absolute atomic E-state index is 13.3. The number of Topliss-reactive ketones (excluding diaryl/α,β-unsaturated/α-hetero) is 1. The molecule has 0 radical (unpaired) electrons. The number of thiophene rings is 1. The third kappa shape index (κ3) is 4.19. The maximum atomic E-state index is 13.3. The highest BCUT2D eigenvalue weighted by Gasteiger charge is 2.16. The van der Waals surface area contributed by atoms with Gasteiger partial charge >= 0.3 is 0 Å². The van der Waals surface area contributed by atoms with Crippen LogP contribution in [0.15, 0.2) is 65.5 Å². The van der Waals surface area contributed by atoms with Gasteiger partial charge in [0, 0.05) is 24.3 Å². The summed E-state index contributed by atoms with van der Waals surface area (Å²) >= 11 is 1.52. The molecule has 0 fully saturated rings. The summed E-state index contributed by atoms with van der Waals surface area (Å²) in [5.41, 5.74) is 1.99. The topological polar surface area (TPSA) is 61.2 Å². The second-order valence-corrected chi connectivity index (χ2v) is 8.19. The van der Waals surface area contributed by atoms with Gasteiger partial charge in [-0.1, -0.05) is 42.5 Å². The van der Waals surface area contributed by atoms with Gasteiger partial charge in [-0.25, -0.2) is 4.98 Å². The Morgan fingerprint density at radius 3 is 2.50 bits per heavy atom. The number of aromatic nitrogens is 2. The van der Waals surface area contributed by atoms with Crippen LogP contribution in [0.25, 0.3) is 20.7 Å². The van der Waals surface area contributed by atoms with E-state index >= 15 is 0 Å². The Morgan fingerprint density at radius 1 is 1.10 bits per heavy atom. The Hall–Kier alpha value is -3.25. The van der Waals surface area contributed by atoms with Crippen molar-refractivity contribution in [2.75, 3.05) is 7.11 Å². The Balaban J connectivity index is 1.80. The number of carbonyl (C=O) groups excluding carboxylic acids is 1. The van der Waals surface area contributed by atoms with E-state index in [1.165, 1.54) is 18.3 Å². The van der Waals surface area contributed by atoms with Gasteiger partial charge in [-0.3, -0.25) is 14.2 Å². The third-order valence-corrected chi connectivity index (χ3v) is 6.08. The lowest BCUT2D eigenvalue weighted by atomic mass is 10.1. The summed E-state index contributed by atoms with van der Waals surface area (Å²) in [6, 6.07) is 19.6. The lowest BCUT2D eigenvalue weighted by molar-refractivity contribution is -0.117. The average Bonchev–Trinajstić information content (AvgIpc) is 3.19. The van der Waals surface area contributed by atoms with E-state index in [4.69, 9.17) is 9.72 Å². The van der Waals surface area contributed by atoms with Crippen molar-refractivity contribution in [3.63, 3.8) is 0 Å². The van der Waals surface area contributed by atoms with Crippen molar-refractivity contribution in [3.8, 4) is 16.2 Å².